The van der Waals surface area contributed by atoms with Crippen LogP contribution in [0.15, 0.2) is 24.0 Å². The number of hydrogen-bond donors (Lipinski definition) is 1. The maximum atomic E-state index is 5.68. The molecule has 0 fully saturated rings. The van der Waals surface area contributed by atoms with Crippen LogP contribution in [0.1, 0.15) is 11.5 Å². The average molecular weight is 247 g/mol. The van der Waals surface area contributed by atoms with E-state index < -0.39 is 0 Å². The zero-order valence-electron chi connectivity index (χ0n) is 9.50. The van der Waals surface area contributed by atoms with Gasteiger partial charge in [-0.2, -0.15) is 0 Å². The third-order valence-corrected chi connectivity index (χ3v) is 3.53. The summed E-state index contributed by atoms with van der Waals surface area (Å²) in [6.07, 6.45) is 6.56. The Morgan fingerprint density at radius 3 is 3.00 bits per heavy atom. The van der Waals surface area contributed by atoms with Gasteiger partial charge in [-0.15, -0.1) is 11.3 Å². The summed E-state index contributed by atoms with van der Waals surface area (Å²) in [6.45, 7) is 2.59. The van der Waals surface area contributed by atoms with E-state index in [1.807, 2.05) is 29.3 Å². The van der Waals surface area contributed by atoms with Gasteiger partial charge in [0.15, 0.2) is 10.8 Å². The SMILES string of the molecule is Cc1nccn1-c1nc2sccn2c1CCN. The Kier molecular flexibility index (Phi) is 2.45. The Morgan fingerprint density at radius 1 is 1.41 bits per heavy atom. The highest BCUT2D eigenvalue weighted by atomic mass is 32.1. The van der Waals surface area contributed by atoms with E-state index in [1.165, 1.54) is 0 Å². The summed E-state index contributed by atoms with van der Waals surface area (Å²) < 4.78 is 4.11. The van der Waals surface area contributed by atoms with E-state index in [-0.39, 0.29) is 0 Å². The van der Waals surface area contributed by atoms with Crippen LogP contribution in [-0.4, -0.2) is 25.5 Å². The van der Waals surface area contributed by atoms with E-state index in [1.54, 1.807) is 17.5 Å². The molecule has 88 valence electrons. The molecule has 0 amide bonds. The van der Waals surface area contributed by atoms with Crippen LogP contribution in [0.25, 0.3) is 10.8 Å². The third-order valence-electron chi connectivity index (χ3n) is 2.77. The molecule has 3 rings (SSSR count). The first kappa shape index (κ1) is 10.5. The van der Waals surface area contributed by atoms with Crippen LogP contribution in [-0.2, 0) is 6.42 Å². The molecule has 2 N–H and O–H groups in total. The number of fused-ring (bicyclic) bond motifs is 1. The minimum Gasteiger partial charge on any atom is -0.330 e. The first-order chi connectivity index (χ1) is 8.31. The van der Waals surface area contributed by atoms with E-state index in [2.05, 4.69) is 14.4 Å². The Bertz CT molecular complexity index is 648. The number of aryl methyl sites for hydroxylation is 1. The predicted octanol–water partition coefficient (Wildman–Crippen LogP) is 1.39. The molecule has 0 saturated carbocycles. The predicted molar refractivity (Wildman–Crippen MR) is 67.7 cm³/mol. The van der Waals surface area contributed by atoms with E-state index in [0.717, 1.165) is 28.7 Å². The summed E-state index contributed by atoms with van der Waals surface area (Å²) >= 11 is 1.63. The van der Waals surface area contributed by atoms with Gasteiger partial charge in [-0.1, -0.05) is 0 Å². The van der Waals surface area contributed by atoms with Crippen molar-refractivity contribution < 1.29 is 0 Å². The van der Waals surface area contributed by atoms with Gasteiger partial charge in [0.1, 0.15) is 5.82 Å². The lowest BCUT2D eigenvalue weighted by molar-refractivity contribution is 0.864. The van der Waals surface area contributed by atoms with Gasteiger partial charge in [-0.05, 0) is 13.5 Å². The number of nitrogens with two attached hydrogens (primary N) is 1. The number of aromatic nitrogens is 4. The maximum absolute atomic E-state index is 5.68. The summed E-state index contributed by atoms with van der Waals surface area (Å²) in [7, 11) is 0. The first-order valence-corrected chi connectivity index (χ1v) is 6.34. The van der Waals surface area contributed by atoms with Crippen molar-refractivity contribution in [2.45, 2.75) is 13.3 Å². The largest absolute Gasteiger partial charge is 0.330 e. The minimum absolute atomic E-state index is 0.615. The van der Waals surface area contributed by atoms with E-state index in [9.17, 15) is 0 Å². The van der Waals surface area contributed by atoms with Gasteiger partial charge in [-0.25, -0.2) is 9.97 Å². The van der Waals surface area contributed by atoms with Gasteiger partial charge < -0.3 is 5.73 Å². The molecule has 5 nitrogen and oxygen atoms in total. The lowest BCUT2D eigenvalue weighted by Gasteiger charge is -2.04. The maximum Gasteiger partial charge on any atom is 0.195 e. The van der Waals surface area contributed by atoms with Crippen LogP contribution in [0.4, 0.5) is 0 Å². The second-order valence-electron chi connectivity index (χ2n) is 3.82. The normalized spacial score (nSPS) is 11.4. The van der Waals surface area contributed by atoms with Gasteiger partial charge >= 0.3 is 0 Å². The molecule has 0 saturated heterocycles. The first-order valence-electron chi connectivity index (χ1n) is 5.46. The molecule has 0 spiro atoms. The quantitative estimate of drug-likeness (QED) is 0.761. The summed E-state index contributed by atoms with van der Waals surface area (Å²) in [5, 5.41) is 2.03. The van der Waals surface area contributed by atoms with Gasteiger partial charge in [-0.3, -0.25) is 8.97 Å². The number of thiazole rings is 1. The fraction of sp³-hybridized carbons (Fsp3) is 0.273. The van der Waals surface area contributed by atoms with Crippen LogP contribution >= 0.6 is 11.3 Å². The second kappa shape index (κ2) is 3.97. The highest BCUT2D eigenvalue weighted by molar-refractivity contribution is 7.15. The molecule has 0 aliphatic heterocycles. The van der Waals surface area contributed by atoms with Crippen LogP contribution in [0.5, 0.6) is 0 Å². The lowest BCUT2D eigenvalue weighted by atomic mass is 10.3. The van der Waals surface area contributed by atoms with Crippen LogP contribution < -0.4 is 5.73 Å². The van der Waals surface area contributed by atoms with Crippen molar-refractivity contribution in [3.8, 4) is 5.82 Å². The molecule has 0 aromatic carbocycles. The lowest BCUT2D eigenvalue weighted by Crippen LogP contribution is -2.08. The van der Waals surface area contributed by atoms with Crippen molar-refractivity contribution in [3.63, 3.8) is 0 Å². The molecule has 6 heteroatoms. The van der Waals surface area contributed by atoms with Gasteiger partial charge in [0.05, 0.1) is 5.69 Å². The average Bonchev–Trinajstić information content (AvgIpc) is 2.96. The molecule has 3 heterocycles. The molecule has 3 aromatic heterocycles. The van der Waals surface area contributed by atoms with Crippen LogP contribution in [0.3, 0.4) is 0 Å². The van der Waals surface area contributed by atoms with Crippen molar-refractivity contribution >= 4 is 16.3 Å². The zero-order chi connectivity index (χ0) is 11.8. The summed E-state index contributed by atoms with van der Waals surface area (Å²) in [5.74, 6) is 1.88. The van der Waals surface area contributed by atoms with Crippen molar-refractivity contribution in [3.05, 3.63) is 35.5 Å². The standard InChI is InChI=1S/C11H13N5S/c1-8-13-4-5-15(8)10-9(2-3-12)16-6-7-17-11(16)14-10/h4-7H,2-3,12H2,1H3. The molecular formula is C11H13N5S. The Hall–Kier alpha value is -1.66. The topological polar surface area (TPSA) is 61.1 Å². The highest BCUT2D eigenvalue weighted by Gasteiger charge is 2.14. The number of nitrogens with zero attached hydrogens (tertiary/aromatic N) is 4. The smallest absolute Gasteiger partial charge is 0.195 e. The fourth-order valence-corrected chi connectivity index (χ4v) is 2.71. The molecule has 0 aliphatic carbocycles. The Morgan fingerprint density at radius 2 is 2.29 bits per heavy atom. The summed E-state index contributed by atoms with van der Waals surface area (Å²) in [6, 6.07) is 0. The van der Waals surface area contributed by atoms with Crippen molar-refractivity contribution in [2.24, 2.45) is 5.73 Å². The number of imidazole rings is 2. The monoisotopic (exact) mass is 247 g/mol. The molecule has 0 atom stereocenters. The van der Waals surface area contributed by atoms with Crippen LogP contribution in [0, 0.1) is 6.92 Å². The molecular weight excluding hydrogens is 234 g/mol. The van der Waals surface area contributed by atoms with E-state index >= 15 is 0 Å². The second-order valence-corrected chi connectivity index (χ2v) is 4.69. The summed E-state index contributed by atoms with van der Waals surface area (Å²) in [4.78, 5) is 9.87. The van der Waals surface area contributed by atoms with Gasteiger partial charge in [0, 0.05) is 30.4 Å². The molecule has 3 aromatic rings. The molecule has 0 radical (unpaired) electrons. The molecule has 0 bridgehead atoms. The van der Waals surface area contributed by atoms with E-state index in [0.29, 0.717) is 6.54 Å². The summed E-state index contributed by atoms with van der Waals surface area (Å²) in [5.41, 5.74) is 6.82. The Balaban J connectivity index is 2.24. The Labute approximate surface area is 103 Å². The highest BCUT2D eigenvalue weighted by Crippen LogP contribution is 2.21. The minimum atomic E-state index is 0.615. The van der Waals surface area contributed by atoms with Gasteiger partial charge in [0.25, 0.3) is 0 Å². The molecule has 0 aliphatic rings. The van der Waals surface area contributed by atoms with E-state index in [4.69, 9.17) is 5.73 Å². The van der Waals surface area contributed by atoms with Crippen molar-refractivity contribution in [1.82, 2.24) is 18.9 Å². The van der Waals surface area contributed by atoms with Crippen molar-refractivity contribution in [1.29, 1.82) is 0 Å². The zero-order valence-corrected chi connectivity index (χ0v) is 10.3. The van der Waals surface area contributed by atoms with Crippen LogP contribution in [0.2, 0.25) is 0 Å². The third kappa shape index (κ3) is 1.57. The van der Waals surface area contributed by atoms with Crippen molar-refractivity contribution in [2.75, 3.05) is 6.54 Å². The molecule has 0 unspecified atom stereocenters. The fourth-order valence-electron chi connectivity index (χ4n) is 1.98. The number of hydrogen-bond acceptors (Lipinski definition) is 4. The number of rotatable bonds is 3. The molecule has 17 heavy (non-hydrogen) atoms. The van der Waals surface area contributed by atoms with Gasteiger partial charge in [0.2, 0.25) is 0 Å².